The first-order valence-corrected chi connectivity index (χ1v) is 3.86. The van der Waals surface area contributed by atoms with Gasteiger partial charge in [0.2, 0.25) is 0 Å². The van der Waals surface area contributed by atoms with Crippen LogP contribution in [0.25, 0.3) is 0 Å². The van der Waals surface area contributed by atoms with Gasteiger partial charge in [-0.15, -0.1) is 0 Å². The van der Waals surface area contributed by atoms with Crippen molar-refractivity contribution in [1.29, 1.82) is 0 Å². The Morgan fingerprint density at radius 1 is 1.40 bits per heavy atom. The largest absolute Gasteiger partial charge is 0.432 e. The van der Waals surface area contributed by atoms with Crippen LogP contribution in [-0.4, -0.2) is 22.1 Å². The van der Waals surface area contributed by atoms with Gasteiger partial charge in [-0.3, -0.25) is 10.2 Å². The molecule has 0 fully saturated rings. The van der Waals surface area contributed by atoms with Crippen molar-refractivity contribution >= 4 is 5.91 Å². The predicted octanol–water partition coefficient (Wildman–Crippen LogP) is -1.17. The molecule has 0 aromatic heterocycles. The van der Waals surface area contributed by atoms with Crippen LogP contribution < -0.4 is 16.0 Å². The Labute approximate surface area is 84.1 Å². The summed E-state index contributed by atoms with van der Waals surface area (Å²) in [5.74, 6) is -0.369. The maximum atomic E-state index is 12.5. The van der Waals surface area contributed by atoms with Gasteiger partial charge in [0.15, 0.2) is 0 Å². The van der Waals surface area contributed by atoms with E-state index in [0.29, 0.717) is 0 Å². The molecule has 5 N–H and O–H groups in total. The summed E-state index contributed by atoms with van der Waals surface area (Å²) >= 11 is 0. The number of hydrogen-bond acceptors (Lipinski definition) is 5. The lowest BCUT2D eigenvalue weighted by atomic mass is 10.3. The first kappa shape index (κ1) is 11.4. The molecule has 0 saturated carbocycles. The minimum atomic E-state index is -3.09. The molecule has 1 amide bonds. The monoisotopic (exact) mass is 216 g/mol. The quantitative estimate of drug-likeness (QED) is 0.220. The predicted molar refractivity (Wildman–Crippen MR) is 46.5 cm³/mol. The maximum absolute atomic E-state index is 12.5. The van der Waals surface area contributed by atoms with Crippen LogP contribution in [0.15, 0.2) is 24.3 Å². The molecule has 0 spiro atoms. The van der Waals surface area contributed by atoms with Crippen molar-refractivity contribution in [3.05, 3.63) is 30.1 Å². The minimum absolute atomic E-state index is 0.0926. The van der Waals surface area contributed by atoms with Crippen molar-refractivity contribution in [3.8, 4) is 5.75 Å². The Kier molecular flexibility index (Phi) is 3.20. The third-order valence-electron chi connectivity index (χ3n) is 1.50. The normalized spacial score (nSPS) is 10.9. The van der Waals surface area contributed by atoms with Crippen molar-refractivity contribution in [2.24, 2.45) is 5.84 Å². The second-order valence-electron chi connectivity index (χ2n) is 2.64. The number of halogens is 1. The van der Waals surface area contributed by atoms with Gasteiger partial charge in [-0.05, 0) is 24.3 Å². The smallest absolute Gasteiger partial charge is 0.408 e. The molecule has 0 aliphatic heterocycles. The van der Waals surface area contributed by atoms with Gasteiger partial charge < -0.3 is 14.9 Å². The van der Waals surface area contributed by atoms with E-state index in [9.17, 15) is 9.18 Å². The Bertz CT molecular complexity index is 352. The summed E-state index contributed by atoms with van der Waals surface area (Å²) in [4.78, 5) is 10.8. The zero-order valence-electron chi connectivity index (χ0n) is 7.48. The molecule has 1 rings (SSSR count). The molecule has 1 aromatic rings. The number of rotatable bonds is 3. The standard InChI is InChI=1S/C8H9FN2O4/c9-5-1-3-6(4-2-5)15-8(13,14)7(12)11-10/h1-4,13-14H,10H2,(H,11,12). The van der Waals surface area contributed by atoms with Crippen molar-refractivity contribution in [2.45, 2.75) is 5.97 Å². The van der Waals surface area contributed by atoms with E-state index in [1.54, 1.807) is 0 Å². The first-order chi connectivity index (χ1) is 6.95. The summed E-state index contributed by atoms with van der Waals surface area (Å²) < 4.78 is 16.9. The van der Waals surface area contributed by atoms with Crippen molar-refractivity contribution in [2.75, 3.05) is 0 Å². The van der Waals surface area contributed by atoms with Gasteiger partial charge in [0.05, 0.1) is 0 Å². The zero-order valence-corrected chi connectivity index (χ0v) is 7.48. The van der Waals surface area contributed by atoms with Crippen LogP contribution in [0.3, 0.4) is 0 Å². The van der Waals surface area contributed by atoms with Crippen LogP contribution in [0.1, 0.15) is 0 Å². The molecule has 82 valence electrons. The lowest BCUT2D eigenvalue weighted by Gasteiger charge is -2.20. The summed E-state index contributed by atoms with van der Waals surface area (Å²) in [6, 6.07) is 4.32. The molecule has 6 nitrogen and oxygen atoms in total. The molecule has 0 heterocycles. The number of hydrogen-bond donors (Lipinski definition) is 4. The number of carbonyl (C=O) groups excluding carboxylic acids is 1. The first-order valence-electron chi connectivity index (χ1n) is 3.86. The SMILES string of the molecule is NNC(=O)C(O)(O)Oc1ccc(F)cc1. The van der Waals surface area contributed by atoms with Crippen molar-refractivity contribution in [1.82, 2.24) is 5.43 Å². The van der Waals surface area contributed by atoms with Crippen LogP contribution >= 0.6 is 0 Å². The molecule has 0 radical (unpaired) electrons. The number of hydrazine groups is 1. The van der Waals surface area contributed by atoms with E-state index < -0.39 is 17.7 Å². The molecule has 0 aliphatic rings. The van der Waals surface area contributed by atoms with E-state index in [1.807, 2.05) is 0 Å². The number of ether oxygens (including phenoxy) is 1. The van der Waals surface area contributed by atoms with Gasteiger partial charge in [-0.2, -0.15) is 0 Å². The number of amides is 1. The molecule has 0 atom stereocenters. The summed E-state index contributed by atoms with van der Waals surface area (Å²) in [7, 11) is 0. The fourth-order valence-corrected chi connectivity index (χ4v) is 0.807. The highest BCUT2D eigenvalue weighted by molar-refractivity contribution is 5.81. The average molecular weight is 216 g/mol. The molecule has 15 heavy (non-hydrogen) atoms. The Balaban J connectivity index is 2.77. The van der Waals surface area contributed by atoms with Crippen LogP contribution in [-0.2, 0) is 4.79 Å². The lowest BCUT2D eigenvalue weighted by molar-refractivity contribution is -0.272. The molecule has 1 aromatic carbocycles. The minimum Gasteiger partial charge on any atom is -0.432 e. The Hall–Kier alpha value is -1.70. The van der Waals surface area contributed by atoms with Crippen molar-refractivity contribution in [3.63, 3.8) is 0 Å². The molecule has 0 aliphatic carbocycles. The highest BCUT2D eigenvalue weighted by Crippen LogP contribution is 2.15. The van der Waals surface area contributed by atoms with Crippen LogP contribution in [0.2, 0.25) is 0 Å². The summed E-state index contributed by atoms with van der Waals surface area (Å²) in [6.45, 7) is 0. The molecule has 0 unspecified atom stereocenters. The molecular formula is C8H9FN2O4. The topological polar surface area (TPSA) is 105 Å². The van der Waals surface area contributed by atoms with E-state index in [1.165, 1.54) is 5.43 Å². The van der Waals surface area contributed by atoms with E-state index in [2.05, 4.69) is 10.6 Å². The number of aliphatic hydroxyl groups is 2. The summed E-state index contributed by atoms with van der Waals surface area (Å²) in [5, 5.41) is 18.1. The van der Waals surface area contributed by atoms with Gasteiger partial charge >= 0.3 is 11.9 Å². The van der Waals surface area contributed by atoms with Crippen LogP contribution in [0.5, 0.6) is 5.75 Å². The van der Waals surface area contributed by atoms with Crippen LogP contribution in [0.4, 0.5) is 4.39 Å². The van der Waals surface area contributed by atoms with Gasteiger partial charge in [-0.1, -0.05) is 0 Å². The number of nitrogens with one attached hydrogen (secondary N) is 1. The second-order valence-corrected chi connectivity index (χ2v) is 2.64. The molecule has 7 heteroatoms. The van der Waals surface area contributed by atoms with Gasteiger partial charge in [0.1, 0.15) is 11.6 Å². The van der Waals surface area contributed by atoms with Gasteiger partial charge in [0.25, 0.3) is 0 Å². The van der Waals surface area contributed by atoms with Crippen LogP contribution in [0, 0.1) is 5.82 Å². The highest BCUT2D eigenvalue weighted by Gasteiger charge is 2.36. The van der Waals surface area contributed by atoms with Gasteiger partial charge in [0, 0.05) is 0 Å². The van der Waals surface area contributed by atoms with E-state index in [4.69, 9.17) is 10.2 Å². The third-order valence-corrected chi connectivity index (χ3v) is 1.50. The second kappa shape index (κ2) is 4.22. The summed E-state index contributed by atoms with van der Waals surface area (Å²) in [5.41, 5.74) is 1.50. The maximum Gasteiger partial charge on any atom is 0.408 e. The molecule has 0 bridgehead atoms. The Morgan fingerprint density at radius 3 is 2.40 bits per heavy atom. The lowest BCUT2D eigenvalue weighted by Crippen LogP contribution is -2.53. The zero-order chi connectivity index (χ0) is 11.5. The fraction of sp³-hybridized carbons (Fsp3) is 0.125. The summed E-state index contributed by atoms with van der Waals surface area (Å²) in [6.07, 6.45) is 0. The number of carbonyl (C=O) groups is 1. The molecular weight excluding hydrogens is 207 g/mol. The van der Waals surface area contributed by atoms with Gasteiger partial charge in [-0.25, -0.2) is 10.2 Å². The average Bonchev–Trinajstić information content (AvgIpc) is 2.20. The fourth-order valence-electron chi connectivity index (χ4n) is 0.807. The highest BCUT2D eigenvalue weighted by atomic mass is 19.1. The van der Waals surface area contributed by atoms with E-state index >= 15 is 0 Å². The number of nitrogens with two attached hydrogens (primary N) is 1. The Morgan fingerprint density at radius 2 is 1.93 bits per heavy atom. The number of benzene rings is 1. The van der Waals surface area contributed by atoms with Crippen molar-refractivity contribution < 1.29 is 24.1 Å². The third kappa shape index (κ3) is 2.88. The van der Waals surface area contributed by atoms with E-state index in [-0.39, 0.29) is 5.75 Å². The van der Waals surface area contributed by atoms with E-state index in [0.717, 1.165) is 24.3 Å². The molecule has 0 saturated heterocycles.